The van der Waals surface area contributed by atoms with Gasteiger partial charge in [-0.2, -0.15) is 9.82 Å². The van der Waals surface area contributed by atoms with Crippen LogP contribution < -0.4 is 14.4 Å². The first-order valence-electron chi connectivity index (χ1n) is 8.33. The number of hydrogen-bond acceptors (Lipinski definition) is 6. The van der Waals surface area contributed by atoms with Crippen LogP contribution in [0.2, 0.25) is 0 Å². The number of carbonyl (C=O) groups is 1. The van der Waals surface area contributed by atoms with Gasteiger partial charge in [-0.1, -0.05) is 0 Å². The molecule has 9 nitrogen and oxygen atoms in total. The summed E-state index contributed by atoms with van der Waals surface area (Å²) in [6.07, 6.45) is 3.95. The molecule has 1 atom stereocenters. The van der Waals surface area contributed by atoms with Crippen LogP contribution in [0.4, 0.5) is 5.82 Å². The number of aryl methyl sites for hydroxylation is 1. The number of hydrogen-bond donors (Lipinski definition) is 1. The lowest BCUT2D eigenvalue weighted by Gasteiger charge is -2.32. The summed E-state index contributed by atoms with van der Waals surface area (Å²) in [4.78, 5) is 18.3. The van der Waals surface area contributed by atoms with E-state index < -0.39 is 16.1 Å². The number of pyridine rings is 1. The standard InChI is InChI=1S/C16H21N5O4S/c1-3-25-14-7-6-12(11-17-14)26(23,24)19-13-5-4-10-21(16(13)22)15-8-9-18-20(15)2/h6-9,11,13,19H,3-5,10H2,1-2H3/t13-/m1/s1. The number of carbonyl (C=O) groups excluding carboxylic acids is 1. The maximum atomic E-state index is 12.7. The molecule has 1 fully saturated rings. The van der Waals surface area contributed by atoms with Crippen molar-refractivity contribution in [2.24, 2.45) is 7.05 Å². The van der Waals surface area contributed by atoms with Crippen LogP contribution in [0.15, 0.2) is 35.5 Å². The van der Waals surface area contributed by atoms with Crippen LogP contribution in [0.25, 0.3) is 0 Å². The van der Waals surface area contributed by atoms with Crippen LogP contribution in [-0.2, 0) is 21.9 Å². The third kappa shape index (κ3) is 3.70. The number of anilines is 1. The lowest BCUT2D eigenvalue weighted by Crippen LogP contribution is -2.52. The fourth-order valence-electron chi connectivity index (χ4n) is 2.86. The maximum absolute atomic E-state index is 12.7. The molecule has 26 heavy (non-hydrogen) atoms. The second-order valence-corrected chi connectivity index (χ2v) is 7.60. The van der Waals surface area contributed by atoms with E-state index in [1.807, 2.05) is 6.92 Å². The number of nitrogens with zero attached hydrogens (tertiary/aromatic N) is 4. The molecule has 2 aromatic rings. The summed E-state index contributed by atoms with van der Waals surface area (Å²) in [7, 11) is -2.13. The zero-order chi connectivity index (χ0) is 18.7. The van der Waals surface area contributed by atoms with Crippen molar-refractivity contribution in [2.45, 2.75) is 30.7 Å². The summed E-state index contributed by atoms with van der Waals surface area (Å²) in [5.41, 5.74) is 0. The van der Waals surface area contributed by atoms with E-state index in [1.165, 1.54) is 18.3 Å². The van der Waals surface area contributed by atoms with Crippen LogP contribution in [0.1, 0.15) is 19.8 Å². The molecule has 1 N–H and O–H groups in total. The van der Waals surface area contributed by atoms with E-state index in [9.17, 15) is 13.2 Å². The Kier molecular flexibility index (Phi) is 5.23. The summed E-state index contributed by atoms with van der Waals surface area (Å²) in [5, 5.41) is 4.06. The van der Waals surface area contributed by atoms with Crippen molar-refractivity contribution in [1.82, 2.24) is 19.5 Å². The van der Waals surface area contributed by atoms with Gasteiger partial charge in [0.15, 0.2) is 0 Å². The minimum atomic E-state index is -3.86. The monoisotopic (exact) mass is 379 g/mol. The van der Waals surface area contributed by atoms with E-state index in [-0.39, 0.29) is 10.8 Å². The normalized spacial score (nSPS) is 18.2. The molecule has 140 valence electrons. The van der Waals surface area contributed by atoms with Crippen LogP contribution in [0.3, 0.4) is 0 Å². The van der Waals surface area contributed by atoms with Gasteiger partial charge in [-0.25, -0.2) is 13.4 Å². The van der Waals surface area contributed by atoms with Crippen LogP contribution >= 0.6 is 0 Å². The number of nitrogens with one attached hydrogen (secondary N) is 1. The van der Waals surface area contributed by atoms with Crippen molar-refractivity contribution in [1.29, 1.82) is 0 Å². The Hall–Kier alpha value is -2.46. The Morgan fingerprint density at radius 2 is 2.15 bits per heavy atom. The second kappa shape index (κ2) is 7.42. The number of amides is 1. The van der Waals surface area contributed by atoms with Gasteiger partial charge in [0.05, 0.1) is 19.0 Å². The Morgan fingerprint density at radius 1 is 1.35 bits per heavy atom. The molecular formula is C16H21N5O4S. The number of piperidine rings is 1. The second-order valence-electron chi connectivity index (χ2n) is 5.88. The third-order valence-electron chi connectivity index (χ3n) is 4.12. The fourth-order valence-corrected chi connectivity index (χ4v) is 4.03. The van der Waals surface area contributed by atoms with Gasteiger partial charge in [-0.05, 0) is 25.8 Å². The van der Waals surface area contributed by atoms with Crippen molar-refractivity contribution >= 4 is 21.7 Å². The Labute approximate surface area is 152 Å². The molecule has 3 rings (SSSR count). The summed E-state index contributed by atoms with van der Waals surface area (Å²) in [5.74, 6) is 0.700. The SMILES string of the molecule is CCOc1ccc(S(=O)(=O)N[C@@H]2CCCN(c3ccnn3C)C2=O)cn1. The lowest BCUT2D eigenvalue weighted by molar-refractivity contribution is -0.121. The van der Waals surface area contributed by atoms with Gasteiger partial charge in [-0.3, -0.25) is 14.4 Å². The smallest absolute Gasteiger partial charge is 0.246 e. The number of aromatic nitrogens is 3. The molecule has 1 aliphatic rings. The Morgan fingerprint density at radius 3 is 2.77 bits per heavy atom. The molecule has 0 radical (unpaired) electrons. The highest BCUT2D eigenvalue weighted by atomic mass is 32.2. The maximum Gasteiger partial charge on any atom is 0.246 e. The quantitative estimate of drug-likeness (QED) is 0.791. The Bertz CT molecular complexity index is 878. The predicted octanol–water partition coefficient (Wildman–Crippen LogP) is 0.688. The highest BCUT2D eigenvalue weighted by Gasteiger charge is 2.34. The molecule has 1 saturated heterocycles. The van der Waals surface area contributed by atoms with Gasteiger partial charge < -0.3 is 4.74 Å². The first kappa shape index (κ1) is 18.3. The van der Waals surface area contributed by atoms with Crippen LogP contribution in [0, 0.1) is 0 Å². The van der Waals surface area contributed by atoms with E-state index in [0.717, 1.165) is 0 Å². The van der Waals surface area contributed by atoms with Gasteiger partial charge in [0, 0.05) is 25.7 Å². The van der Waals surface area contributed by atoms with Crippen molar-refractivity contribution < 1.29 is 17.9 Å². The third-order valence-corrected chi connectivity index (χ3v) is 5.58. The lowest BCUT2D eigenvalue weighted by atomic mass is 10.1. The van der Waals surface area contributed by atoms with Gasteiger partial charge in [0.2, 0.25) is 21.8 Å². The number of ether oxygens (including phenoxy) is 1. The van der Waals surface area contributed by atoms with Crippen LogP contribution in [0.5, 0.6) is 5.88 Å². The molecule has 3 heterocycles. The topological polar surface area (TPSA) is 106 Å². The molecule has 0 aromatic carbocycles. The fraction of sp³-hybridized carbons (Fsp3) is 0.438. The van der Waals surface area contributed by atoms with Crippen molar-refractivity contribution in [3.8, 4) is 5.88 Å². The molecule has 0 spiro atoms. The molecule has 0 unspecified atom stereocenters. The van der Waals surface area contributed by atoms with Gasteiger partial charge in [-0.15, -0.1) is 0 Å². The van der Waals surface area contributed by atoms with E-state index in [1.54, 1.807) is 28.9 Å². The Balaban J connectivity index is 1.76. The molecule has 0 saturated carbocycles. The van der Waals surface area contributed by atoms with E-state index >= 15 is 0 Å². The summed E-state index contributed by atoms with van der Waals surface area (Å²) < 4.78 is 34.5. The summed E-state index contributed by atoms with van der Waals surface area (Å²) in [6.45, 7) is 2.79. The average Bonchev–Trinajstić information content (AvgIpc) is 3.03. The largest absolute Gasteiger partial charge is 0.478 e. The first-order chi connectivity index (χ1) is 12.4. The molecule has 0 aliphatic carbocycles. The zero-order valence-electron chi connectivity index (χ0n) is 14.6. The predicted molar refractivity (Wildman–Crippen MR) is 94.3 cm³/mol. The molecule has 1 amide bonds. The molecule has 10 heteroatoms. The van der Waals surface area contributed by atoms with E-state index in [4.69, 9.17) is 4.74 Å². The molecule has 1 aliphatic heterocycles. The van der Waals surface area contributed by atoms with Crippen LogP contribution in [-0.4, -0.2) is 48.3 Å². The van der Waals surface area contributed by atoms with Gasteiger partial charge in [0.25, 0.3) is 0 Å². The summed E-state index contributed by atoms with van der Waals surface area (Å²) >= 11 is 0. The highest BCUT2D eigenvalue weighted by molar-refractivity contribution is 7.89. The summed E-state index contributed by atoms with van der Waals surface area (Å²) in [6, 6.07) is 3.80. The molecular weight excluding hydrogens is 358 g/mol. The first-order valence-corrected chi connectivity index (χ1v) is 9.81. The van der Waals surface area contributed by atoms with Crippen molar-refractivity contribution in [3.05, 3.63) is 30.6 Å². The van der Waals surface area contributed by atoms with Gasteiger partial charge >= 0.3 is 0 Å². The average molecular weight is 379 g/mol. The molecule has 2 aromatic heterocycles. The highest BCUT2D eigenvalue weighted by Crippen LogP contribution is 2.21. The molecule has 0 bridgehead atoms. The van der Waals surface area contributed by atoms with E-state index in [2.05, 4.69) is 14.8 Å². The minimum Gasteiger partial charge on any atom is -0.478 e. The minimum absolute atomic E-state index is 0.00795. The number of rotatable bonds is 6. The zero-order valence-corrected chi connectivity index (χ0v) is 15.4. The van der Waals surface area contributed by atoms with Gasteiger partial charge in [0.1, 0.15) is 16.8 Å². The van der Waals surface area contributed by atoms with Crippen molar-refractivity contribution in [2.75, 3.05) is 18.1 Å². The van der Waals surface area contributed by atoms with E-state index in [0.29, 0.717) is 37.7 Å². The van der Waals surface area contributed by atoms with Crippen molar-refractivity contribution in [3.63, 3.8) is 0 Å². The number of sulfonamides is 1.